The molecular weight excluding hydrogens is 210 g/mol. The molecule has 0 saturated heterocycles. The number of nitrogens with one attached hydrogen (secondary N) is 1. The van der Waals surface area contributed by atoms with Crippen molar-refractivity contribution in [1.29, 1.82) is 0 Å². The Bertz CT molecular complexity index is 164. The van der Waals surface area contributed by atoms with E-state index >= 15 is 0 Å². The molecule has 5 heteroatoms. The van der Waals surface area contributed by atoms with Crippen LogP contribution in [0.15, 0.2) is 0 Å². The molecule has 5 nitrogen and oxygen atoms in total. The minimum absolute atomic E-state index is 0.0955. The lowest BCUT2D eigenvalue weighted by atomic mass is 10.5. The lowest BCUT2D eigenvalue weighted by Crippen LogP contribution is -2.31. The fourth-order valence-corrected chi connectivity index (χ4v) is 0.987. The van der Waals surface area contributed by atoms with Crippen LogP contribution in [0.1, 0.15) is 20.3 Å². The molecule has 0 spiro atoms. The number of ether oxygens (including phenoxy) is 3. The van der Waals surface area contributed by atoms with Gasteiger partial charge in [-0.2, -0.15) is 0 Å². The zero-order chi connectivity index (χ0) is 12.1. The van der Waals surface area contributed by atoms with Crippen LogP contribution in [0.4, 0.5) is 0 Å². The lowest BCUT2D eigenvalue weighted by molar-refractivity contribution is -0.125. The molecule has 0 aromatic carbocycles. The topological polar surface area (TPSA) is 56.8 Å². The van der Waals surface area contributed by atoms with E-state index in [2.05, 4.69) is 5.32 Å². The molecule has 0 aliphatic heterocycles. The molecule has 0 fully saturated rings. The van der Waals surface area contributed by atoms with Crippen LogP contribution < -0.4 is 5.32 Å². The van der Waals surface area contributed by atoms with Crippen LogP contribution in [0.25, 0.3) is 0 Å². The molecule has 0 aromatic rings. The zero-order valence-corrected chi connectivity index (χ0v) is 10.3. The minimum atomic E-state index is -0.0955. The second-order valence-corrected chi connectivity index (χ2v) is 3.21. The first-order chi connectivity index (χ1) is 7.81. The summed E-state index contributed by atoms with van der Waals surface area (Å²) in [6.07, 6.45) is 0.924. The van der Waals surface area contributed by atoms with Gasteiger partial charge < -0.3 is 19.5 Å². The van der Waals surface area contributed by atoms with Crippen molar-refractivity contribution in [3.63, 3.8) is 0 Å². The van der Waals surface area contributed by atoms with E-state index in [1.54, 1.807) is 0 Å². The monoisotopic (exact) mass is 233 g/mol. The Hall–Kier alpha value is -0.650. The fourth-order valence-electron chi connectivity index (χ4n) is 0.987. The van der Waals surface area contributed by atoms with Crippen molar-refractivity contribution in [2.75, 3.05) is 46.2 Å². The summed E-state index contributed by atoms with van der Waals surface area (Å²) in [4.78, 5) is 11.1. The summed E-state index contributed by atoms with van der Waals surface area (Å²) in [5, 5.41) is 2.70. The van der Waals surface area contributed by atoms with Gasteiger partial charge in [-0.25, -0.2) is 0 Å². The van der Waals surface area contributed by atoms with Gasteiger partial charge in [0.15, 0.2) is 0 Å². The fraction of sp³-hybridized carbons (Fsp3) is 0.909. The molecule has 1 amide bonds. The summed E-state index contributed by atoms with van der Waals surface area (Å²) >= 11 is 0. The van der Waals surface area contributed by atoms with Crippen molar-refractivity contribution in [2.45, 2.75) is 20.3 Å². The summed E-state index contributed by atoms with van der Waals surface area (Å²) in [7, 11) is 0. The summed E-state index contributed by atoms with van der Waals surface area (Å²) in [5.41, 5.74) is 0. The Morgan fingerprint density at radius 1 is 1.00 bits per heavy atom. The van der Waals surface area contributed by atoms with Gasteiger partial charge in [0, 0.05) is 19.8 Å². The van der Waals surface area contributed by atoms with E-state index in [0.717, 1.165) is 6.42 Å². The van der Waals surface area contributed by atoms with Crippen molar-refractivity contribution < 1.29 is 19.0 Å². The van der Waals surface area contributed by atoms with Gasteiger partial charge in [0.2, 0.25) is 5.91 Å². The SMILES string of the molecule is CCCOCC(=O)NCCOCCOCC. The van der Waals surface area contributed by atoms with E-state index in [-0.39, 0.29) is 12.5 Å². The highest BCUT2D eigenvalue weighted by atomic mass is 16.5. The molecule has 1 N–H and O–H groups in total. The van der Waals surface area contributed by atoms with E-state index in [4.69, 9.17) is 14.2 Å². The Morgan fingerprint density at radius 2 is 1.75 bits per heavy atom. The molecule has 0 saturated carbocycles. The molecular formula is C11H23NO4. The van der Waals surface area contributed by atoms with Crippen molar-refractivity contribution in [2.24, 2.45) is 0 Å². The van der Waals surface area contributed by atoms with E-state index in [1.165, 1.54) is 0 Å². The summed E-state index contributed by atoms with van der Waals surface area (Å²) < 4.78 is 15.4. The number of amides is 1. The van der Waals surface area contributed by atoms with Crippen LogP contribution in [-0.4, -0.2) is 52.1 Å². The van der Waals surface area contributed by atoms with Crippen molar-refractivity contribution in [1.82, 2.24) is 5.32 Å². The van der Waals surface area contributed by atoms with Gasteiger partial charge >= 0.3 is 0 Å². The predicted octanol–water partition coefficient (Wildman–Crippen LogP) is 0.582. The third-order valence-corrected chi connectivity index (χ3v) is 1.73. The Balaban J connectivity index is 3.09. The molecule has 0 aliphatic rings. The van der Waals surface area contributed by atoms with Gasteiger partial charge in [-0.1, -0.05) is 6.92 Å². The van der Waals surface area contributed by atoms with E-state index in [1.807, 2.05) is 13.8 Å². The second kappa shape index (κ2) is 12.4. The third-order valence-electron chi connectivity index (χ3n) is 1.73. The quantitative estimate of drug-likeness (QED) is 0.530. The zero-order valence-electron chi connectivity index (χ0n) is 10.3. The molecule has 0 unspecified atom stereocenters. The number of carbonyl (C=O) groups excluding carboxylic acids is 1. The van der Waals surface area contributed by atoms with Gasteiger partial charge in [0.25, 0.3) is 0 Å². The van der Waals surface area contributed by atoms with Crippen molar-refractivity contribution >= 4 is 5.91 Å². The van der Waals surface area contributed by atoms with E-state index in [0.29, 0.717) is 39.6 Å². The molecule has 0 atom stereocenters. The Morgan fingerprint density at radius 3 is 2.44 bits per heavy atom. The summed E-state index contributed by atoms with van der Waals surface area (Å²) in [5.74, 6) is -0.0955. The molecule has 16 heavy (non-hydrogen) atoms. The average molecular weight is 233 g/mol. The Kier molecular flexibility index (Phi) is 11.9. The van der Waals surface area contributed by atoms with Gasteiger partial charge in [-0.05, 0) is 13.3 Å². The second-order valence-electron chi connectivity index (χ2n) is 3.21. The lowest BCUT2D eigenvalue weighted by Gasteiger charge is -2.06. The van der Waals surface area contributed by atoms with Crippen LogP contribution >= 0.6 is 0 Å². The molecule has 0 heterocycles. The molecule has 0 aromatic heterocycles. The normalized spacial score (nSPS) is 10.4. The highest BCUT2D eigenvalue weighted by Gasteiger charge is 1.99. The minimum Gasteiger partial charge on any atom is -0.379 e. The van der Waals surface area contributed by atoms with E-state index in [9.17, 15) is 4.79 Å². The Labute approximate surface area is 97.4 Å². The number of carbonyl (C=O) groups is 1. The molecule has 0 bridgehead atoms. The van der Waals surface area contributed by atoms with Gasteiger partial charge in [0.1, 0.15) is 6.61 Å². The standard InChI is InChI=1S/C11H23NO4/c1-3-6-16-10-11(13)12-5-7-15-9-8-14-4-2/h3-10H2,1-2H3,(H,12,13). The molecule has 0 aliphatic carbocycles. The number of hydrogen-bond acceptors (Lipinski definition) is 4. The maximum absolute atomic E-state index is 11.1. The smallest absolute Gasteiger partial charge is 0.246 e. The first-order valence-electron chi connectivity index (χ1n) is 5.81. The van der Waals surface area contributed by atoms with Crippen LogP contribution in [0.3, 0.4) is 0 Å². The molecule has 0 rings (SSSR count). The summed E-state index contributed by atoms with van der Waals surface area (Å²) in [6.45, 7) is 7.59. The largest absolute Gasteiger partial charge is 0.379 e. The molecule has 96 valence electrons. The molecule has 0 radical (unpaired) electrons. The third kappa shape index (κ3) is 11.4. The van der Waals surface area contributed by atoms with Gasteiger partial charge in [-0.15, -0.1) is 0 Å². The van der Waals surface area contributed by atoms with Crippen molar-refractivity contribution in [3.05, 3.63) is 0 Å². The van der Waals surface area contributed by atoms with E-state index < -0.39 is 0 Å². The number of hydrogen-bond donors (Lipinski definition) is 1. The highest BCUT2D eigenvalue weighted by Crippen LogP contribution is 1.81. The first kappa shape index (κ1) is 15.3. The predicted molar refractivity (Wildman–Crippen MR) is 61.4 cm³/mol. The number of rotatable bonds is 11. The van der Waals surface area contributed by atoms with Crippen LogP contribution in [-0.2, 0) is 19.0 Å². The first-order valence-corrected chi connectivity index (χ1v) is 5.81. The van der Waals surface area contributed by atoms with Crippen LogP contribution in [0.2, 0.25) is 0 Å². The van der Waals surface area contributed by atoms with Crippen LogP contribution in [0, 0.1) is 0 Å². The maximum Gasteiger partial charge on any atom is 0.246 e. The van der Waals surface area contributed by atoms with Gasteiger partial charge in [0.05, 0.1) is 19.8 Å². The van der Waals surface area contributed by atoms with Crippen molar-refractivity contribution in [3.8, 4) is 0 Å². The van der Waals surface area contributed by atoms with Gasteiger partial charge in [-0.3, -0.25) is 4.79 Å². The highest BCUT2D eigenvalue weighted by molar-refractivity contribution is 5.77. The maximum atomic E-state index is 11.1. The average Bonchev–Trinajstić information content (AvgIpc) is 2.28. The summed E-state index contributed by atoms with van der Waals surface area (Å²) in [6, 6.07) is 0. The van der Waals surface area contributed by atoms with Crippen LogP contribution in [0.5, 0.6) is 0 Å².